The number of β-amino-alcohol motifs (C(OH)–C–C–N with tert-alkyl or cyclic N) is 1. The number of nitrogen functional groups attached to an aromatic ring is 1. The fourth-order valence-corrected chi connectivity index (χ4v) is 4.85. The number of carbonyl (C=O) groups is 1. The highest BCUT2D eigenvalue weighted by atomic mass is 32.1. The van der Waals surface area contributed by atoms with Crippen LogP contribution in [0.15, 0.2) is 35.7 Å². The van der Waals surface area contributed by atoms with Gasteiger partial charge in [-0.2, -0.15) is 0 Å². The van der Waals surface area contributed by atoms with E-state index in [1.807, 2.05) is 23.1 Å². The number of carbonyl (C=O) groups excluding carboxylic acids is 1. The van der Waals surface area contributed by atoms with Crippen LogP contribution < -0.4 is 11.1 Å². The predicted molar refractivity (Wildman–Crippen MR) is 102 cm³/mol. The van der Waals surface area contributed by atoms with E-state index in [0.717, 1.165) is 18.5 Å². The molecular formula is C19H24N4O2S. The van der Waals surface area contributed by atoms with E-state index >= 15 is 0 Å². The van der Waals surface area contributed by atoms with E-state index in [2.05, 4.69) is 27.8 Å². The van der Waals surface area contributed by atoms with Gasteiger partial charge >= 0.3 is 0 Å². The van der Waals surface area contributed by atoms with Crippen molar-refractivity contribution in [1.29, 1.82) is 0 Å². The van der Waals surface area contributed by atoms with Gasteiger partial charge in [-0.1, -0.05) is 30.3 Å². The van der Waals surface area contributed by atoms with Crippen molar-refractivity contribution in [3.63, 3.8) is 0 Å². The third-order valence-corrected chi connectivity index (χ3v) is 6.35. The molecule has 1 aromatic carbocycles. The first-order chi connectivity index (χ1) is 12.6. The summed E-state index contributed by atoms with van der Waals surface area (Å²) < 4.78 is 0. The number of benzene rings is 1. The van der Waals surface area contributed by atoms with Crippen LogP contribution in [-0.4, -0.2) is 52.7 Å². The summed E-state index contributed by atoms with van der Waals surface area (Å²) in [7, 11) is 0. The molecule has 2 aromatic rings. The van der Waals surface area contributed by atoms with Gasteiger partial charge in [0.05, 0.1) is 17.8 Å². The molecule has 0 unspecified atom stereocenters. The summed E-state index contributed by atoms with van der Waals surface area (Å²) in [5.74, 6) is 0.0982. The maximum Gasteiger partial charge on any atom is 0.239 e. The maximum absolute atomic E-state index is 12.8. The first kappa shape index (κ1) is 17.5. The number of likely N-dealkylation sites (tertiary alicyclic amines) is 1. The van der Waals surface area contributed by atoms with Gasteiger partial charge in [0, 0.05) is 30.4 Å². The molecule has 0 radical (unpaired) electrons. The molecule has 0 bridgehead atoms. The molecule has 2 saturated heterocycles. The van der Waals surface area contributed by atoms with Gasteiger partial charge in [0.1, 0.15) is 0 Å². The number of hydrogen-bond donors (Lipinski definition) is 3. The van der Waals surface area contributed by atoms with Gasteiger partial charge in [-0.3, -0.25) is 4.79 Å². The van der Waals surface area contributed by atoms with Crippen LogP contribution in [0.2, 0.25) is 0 Å². The molecule has 2 aliphatic rings. The second kappa shape index (κ2) is 6.98. The number of aliphatic hydroxyl groups is 1. The van der Waals surface area contributed by atoms with Gasteiger partial charge in [0.15, 0.2) is 5.13 Å². The number of rotatable bonds is 3. The molecule has 0 spiro atoms. The van der Waals surface area contributed by atoms with E-state index in [0.29, 0.717) is 31.2 Å². The number of nitrogens with two attached hydrogens (primary N) is 1. The minimum Gasteiger partial charge on any atom is -0.392 e. The topological polar surface area (TPSA) is 91.5 Å². The number of piperidine rings is 1. The summed E-state index contributed by atoms with van der Waals surface area (Å²) in [5, 5.41) is 15.4. The normalized spacial score (nSPS) is 25.3. The molecule has 0 saturated carbocycles. The number of nitrogens with one attached hydrogen (secondary N) is 1. The summed E-state index contributed by atoms with van der Waals surface area (Å²) in [6, 6.07) is 10.1. The van der Waals surface area contributed by atoms with E-state index < -0.39 is 6.10 Å². The lowest BCUT2D eigenvalue weighted by Crippen LogP contribution is -2.50. The van der Waals surface area contributed by atoms with Crippen LogP contribution in [0, 0.1) is 0 Å². The van der Waals surface area contributed by atoms with Gasteiger partial charge in [-0.05, 0) is 24.8 Å². The predicted octanol–water partition coefficient (Wildman–Crippen LogP) is 1.36. The first-order valence-corrected chi connectivity index (χ1v) is 9.94. The third-order valence-electron chi connectivity index (χ3n) is 5.67. The summed E-state index contributed by atoms with van der Waals surface area (Å²) in [5.41, 5.74) is 7.94. The lowest BCUT2D eigenvalue weighted by molar-refractivity contribution is -0.134. The van der Waals surface area contributed by atoms with Gasteiger partial charge in [-0.15, -0.1) is 11.3 Å². The molecule has 26 heavy (non-hydrogen) atoms. The highest BCUT2D eigenvalue weighted by Crippen LogP contribution is 2.42. The Morgan fingerprint density at radius 2 is 2.04 bits per heavy atom. The van der Waals surface area contributed by atoms with Crippen molar-refractivity contribution in [3.05, 3.63) is 47.0 Å². The Labute approximate surface area is 157 Å². The summed E-state index contributed by atoms with van der Waals surface area (Å²) in [6.07, 6.45) is 1.72. The molecule has 2 atom stereocenters. The zero-order valence-electron chi connectivity index (χ0n) is 14.6. The molecule has 6 nitrogen and oxygen atoms in total. The Balaban J connectivity index is 1.56. The van der Waals surface area contributed by atoms with E-state index in [1.54, 1.807) is 0 Å². The van der Waals surface area contributed by atoms with Gasteiger partial charge in [0.2, 0.25) is 5.91 Å². The number of aromatic nitrogens is 1. The Hall–Kier alpha value is -1.96. The van der Waals surface area contributed by atoms with E-state index in [9.17, 15) is 9.90 Å². The monoisotopic (exact) mass is 372 g/mol. The Morgan fingerprint density at radius 3 is 2.62 bits per heavy atom. The van der Waals surface area contributed by atoms with Gasteiger partial charge in [-0.25, -0.2) is 4.98 Å². The van der Waals surface area contributed by atoms with Crippen LogP contribution in [0.5, 0.6) is 0 Å². The molecule has 138 valence electrons. The van der Waals surface area contributed by atoms with Crippen LogP contribution in [0.3, 0.4) is 0 Å². The molecular weight excluding hydrogens is 348 g/mol. The number of aliphatic hydroxyl groups excluding tert-OH is 1. The zero-order valence-corrected chi connectivity index (χ0v) is 15.4. The molecule has 3 heterocycles. The fraction of sp³-hybridized carbons (Fsp3) is 0.474. The van der Waals surface area contributed by atoms with Crippen molar-refractivity contribution in [3.8, 4) is 0 Å². The Kier molecular flexibility index (Phi) is 4.69. The Morgan fingerprint density at radius 1 is 1.31 bits per heavy atom. The van der Waals surface area contributed by atoms with Crippen LogP contribution in [0.25, 0.3) is 0 Å². The molecule has 4 N–H and O–H groups in total. The van der Waals surface area contributed by atoms with Crippen molar-refractivity contribution >= 4 is 22.4 Å². The van der Waals surface area contributed by atoms with Gasteiger partial charge < -0.3 is 21.1 Å². The van der Waals surface area contributed by atoms with Crippen molar-refractivity contribution < 1.29 is 9.90 Å². The van der Waals surface area contributed by atoms with Crippen molar-refractivity contribution in [2.45, 2.75) is 36.8 Å². The van der Waals surface area contributed by atoms with Gasteiger partial charge in [0.25, 0.3) is 0 Å². The minimum absolute atomic E-state index is 0.0982. The molecule has 0 aliphatic carbocycles. The standard InChI is InChI=1S/C19H24N4O2S/c20-18-22-16(12-26-18)19(13-4-2-1-3-5-13)6-8-23(9-7-19)17(25)15-10-14(24)11-21-15/h1-5,12,14-15,21,24H,6-11H2,(H2,20,22)/t14-,15+/m1/s1. The van der Waals surface area contributed by atoms with Crippen molar-refractivity contribution in [1.82, 2.24) is 15.2 Å². The Bertz CT molecular complexity index is 771. The molecule has 2 fully saturated rings. The molecule has 1 amide bonds. The number of nitrogens with zero attached hydrogens (tertiary/aromatic N) is 2. The second-order valence-electron chi connectivity index (χ2n) is 7.19. The number of hydrogen-bond acceptors (Lipinski definition) is 6. The van der Waals surface area contributed by atoms with E-state index in [1.165, 1.54) is 16.9 Å². The fourth-order valence-electron chi connectivity index (χ4n) is 4.19. The smallest absolute Gasteiger partial charge is 0.239 e. The van der Waals surface area contributed by atoms with Crippen LogP contribution in [0.4, 0.5) is 5.13 Å². The largest absolute Gasteiger partial charge is 0.392 e. The average Bonchev–Trinajstić information content (AvgIpc) is 3.31. The number of amides is 1. The molecule has 1 aromatic heterocycles. The average molecular weight is 372 g/mol. The van der Waals surface area contributed by atoms with Crippen LogP contribution in [-0.2, 0) is 10.2 Å². The third kappa shape index (κ3) is 3.11. The van der Waals surface area contributed by atoms with Crippen molar-refractivity contribution in [2.75, 3.05) is 25.4 Å². The molecule has 4 rings (SSSR count). The number of thiazole rings is 1. The summed E-state index contributed by atoms with van der Waals surface area (Å²) >= 11 is 1.47. The highest BCUT2D eigenvalue weighted by Gasteiger charge is 2.42. The van der Waals surface area contributed by atoms with Crippen molar-refractivity contribution in [2.24, 2.45) is 0 Å². The SMILES string of the molecule is Nc1nc(C2(c3ccccc3)CCN(C(=O)[C@@H]3C[C@@H](O)CN3)CC2)cs1. The minimum atomic E-state index is -0.421. The lowest BCUT2D eigenvalue weighted by Gasteiger charge is -2.42. The lowest BCUT2D eigenvalue weighted by atomic mass is 9.70. The molecule has 7 heteroatoms. The highest BCUT2D eigenvalue weighted by molar-refractivity contribution is 7.13. The quantitative estimate of drug-likeness (QED) is 0.757. The van der Waals surface area contributed by atoms with Crippen LogP contribution in [0.1, 0.15) is 30.5 Å². The second-order valence-corrected chi connectivity index (χ2v) is 8.08. The summed E-state index contributed by atoms with van der Waals surface area (Å²) in [4.78, 5) is 19.3. The maximum atomic E-state index is 12.8. The first-order valence-electron chi connectivity index (χ1n) is 9.06. The number of anilines is 1. The summed E-state index contributed by atoms with van der Waals surface area (Å²) in [6.45, 7) is 1.86. The molecule has 2 aliphatic heterocycles. The zero-order chi connectivity index (χ0) is 18.1. The van der Waals surface area contributed by atoms with E-state index in [4.69, 9.17) is 5.73 Å². The van der Waals surface area contributed by atoms with Crippen LogP contribution >= 0.6 is 11.3 Å². The van der Waals surface area contributed by atoms with E-state index in [-0.39, 0.29) is 17.4 Å².